The Bertz CT molecular complexity index is 509. The number of benzene rings is 2. The Morgan fingerprint density at radius 3 is 2.16 bits per heavy atom. The molecule has 0 atom stereocenters. The number of hydrogen-bond acceptors (Lipinski definition) is 0. The number of hydrogen-bond donors (Lipinski definition) is 0. The minimum absolute atomic E-state index is 0.239. The first kappa shape index (κ1) is 13.9. The van der Waals surface area contributed by atoms with Gasteiger partial charge in [-0.25, -0.2) is 0 Å². The van der Waals surface area contributed by atoms with E-state index in [0.717, 1.165) is 0 Å². The Labute approximate surface area is 117 Å². The van der Waals surface area contributed by atoms with Crippen LogP contribution in [-0.2, 0) is 5.41 Å². The van der Waals surface area contributed by atoms with E-state index >= 15 is 0 Å². The van der Waals surface area contributed by atoms with Gasteiger partial charge in [0.25, 0.3) is 0 Å². The van der Waals surface area contributed by atoms with E-state index in [1.807, 2.05) is 0 Å². The lowest BCUT2D eigenvalue weighted by molar-refractivity contribution is 0.459. The average molecular weight is 252 g/mol. The molecule has 0 unspecified atom stereocenters. The quantitative estimate of drug-likeness (QED) is 0.629. The van der Waals surface area contributed by atoms with Gasteiger partial charge in [-0.15, -0.1) is 0 Å². The van der Waals surface area contributed by atoms with Crippen molar-refractivity contribution in [2.75, 3.05) is 0 Å². The van der Waals surface area contributed by atoms with E-state index in [9.17, 15) is 0 Å². The van der Waals surface area contributed by atoms with Gasteiger partial charge in [0.1, 0.15) is 0 Å². The van der Waals surface area contributed by atoms with Crippen molar-refractivity contribution in [2.24, 2.45) is 0 Å². The maximum atomic E-state index is 2.37. The van der Waals surface area contributed by atoms with Crippen LogP contribution in [0, 0.1) is 0 Å². The van der Waals surface area contributed by atoms with Gasteiger partial charge in [-0.1, -0.05) is 88.2 Å². The molecule has 0 N–H and O–H groups in total. The third-order valence-corrected chi connectivity index (χ3v) is 3.90. The second-order valence-electron chi connectivity index (χ2n) is 5.90. The third kappa shape index (κ3) is 3.26. The van der Waals surface area contributed by atoms with Crippen molar-refractivity contribution in [3.05, 3.63) is 60.2 Å². The maximum absolute atomic E-state index is 2.37. The van der Waals surface area contributed by atoms with E-state index < -0.39 is 0 Å². The highest BCUT2D eigenvalue weighted by Gasteiger charge is 2.22. The molecule has 0 fully saturated rings. The van der Waals surface area contributed by atoms with Crippen molar-refractivity contribution < 1.29 is 0 Å². The van der Waals surface area contributed by atoms with Gasteiger partial charge in [0.2, 0.25) is 0 Å². The lowest BCUT2D eigenvalue weighted by Gasteiger charge is -2.28. The summed E-state index contributed by atoms with van der Waals surface area (Å²) in [6.45, 7) is 6.99. The largest absolute Gasteiger partial charge is 0.0654 e. The Morgan fingerprint density at radius 2 is 1.47 bits per heavy atom. The summed E-state index contributed by atoms with van der Waals surface area (Å²) in [5, 5.41) is 0. The van der Waals surface area contributed by atoms with Crippen molar-refractivity contribution in [1.29, 1.82) is 0 Å². The highest BCUT2D eigenvalue weighted by Crippen LogP contribution is 2.36. The van der Waals surface area contributed by atoms with Gasteiger partial charge in [0.05, 0.1) is 0 Å². The molecule has 0 saturated carbocycles. The summed E-state index contributed by atoms with van der Waals surface area (Å²) in [5.41, 5.74) is 4.41. The molecule has 0 aliphatic rings. The highest BCUT2D eigenvalue weighted by molar-refractivity contribution is 5.68. The van der Waals surface area contributed by atoms with Gasteiger partial charge in [-0.05, 0) is 28.5 Å². The normalized spacial score (nSPS) is 11.5. The fourth-order valence-electron chi connectivity index (χ4n) is 2.70. The fourth-order valence-corrected chi connectivity index (χ4v) is 2.70. The maximum Gasteiger partial charge on any atom is -0.00974 e. The van der Waals surface area contributed by atoms with Crippen LogP contribution in [0.3, 0.4) is 0 Å². The summed E-state index contributed by atoms with van der Waals surface area (Å²) >= 11 is 0. The molecule has 2 aromatic rings. The molecule has 0 heterocycles. The molecule has 0 aliphatic heterocycles. The van der Waals surface area contributed by atoms with E-state index in [4.69, 9.17) is 0 Å². The Morgan fingerprint density at radius 1 is 0.842 bits per heavy atom. The van der Waals surface area contributed by atoms with Crippen molar-refractivity contribution in [2.45, 2.75) is 45.4 Å². The van der Waals surface area contributed by atoms with Crippen LogP contribution in [0.5, 0.6) is 0 Å². The predicted octanol–water partition coefficient (Wildman–Crippen LogP) is 5.82. The zero-order valence-electron chi connectivity index (χ0n) is 12.3. The first-order valence-corrected chi connectivity index (χ1v) is 7.30. The van der Waals surface area contributed by atoms with Crippen LogP contribution in [0.1, 0.15) is 45.6 Å². The molecule has 2 rings (SSSR count). The monoisotopic (exact) mass is 252 g/mol. The van der Waals surface area contributed by atoms with Gasteiger partial charge in [0.15, 0.2) is 0 Å². The molecule has 0 aliphatic carbocycles. The molecule has 100 valence electrons. The van der Waals surface area contributed by atoms with Crippen molar-refractivity contribution in [3.63, 3.8) is 0 Å². The van der Waals surface area contributed by atoms with Gasteiger partial charge in [0, 0.05) is 0 Å². The lowest BCUT2D eigenvalue weighted by atomic mass is 9.77. The number of rotatable bonds is 5. The summed E-state index contributed by atoms with van der Waals surface area (Å²) < 4.78 is 0. The highest BCUT2D eigenvalue weighted by atomic mass is 14.3. The molecular formula is C19H24. The first-order chi connectivity index (χ1) is 9.15. The third-order valence-electron chi connectivity index (χ3n) is 3.90. The molecule has 0 nitrogen and oxygen atoms in total. The summed E-state index contributed by atoms with van der Waals surface area (Å²) in [7, 11) is 0. The second kappa shape index (κ2) is 6.06. The van der Waals surface area contributed by atoms with E-state index in [2.05, 4.69) is 75.4 Å². The molecule has 0 bridgehead atoms. The zero-order chi connectivity index (χ0) is 13.7. The Balaban J connectivity index is 2.42. The van der Waals surface area contributed by atoms with Gasteiger partial charge in [-0.3, -0.25) is 0 Å². The van der Waals surface area contributed by atoms with Crippen LogP contribution in [0.15, 0.2) is 54.6 Å². The van der Waals surface area contributed by atoms with Crippen LogP contribution in [0.4, 0.5) is 0 Å². The van der Waals surface area contributed by atoms with E-state index in [1.54, 1.807) is 0 Å². The van der Waals surface area contributed by atoms with Gasteiger partial charge in [-0.2, -0.15) is 0 Å². The Kier molecular flexibility index (Phi) is 4.42. The van der Waals surface area contributed by atoms with Crippen LogP contribution >= 0.6 is 0 Å². The summed E-state index contributed by atoms with van der Waals surface area (Å²) in [5.74, 6) is 0. The molecule has 0 spiro atoms. The smallest absolute Gasteiger partial charge is 0.00974 e. The Hall–Kier alpha value is -1.56. The average Bonchev–Trinajstić information content (AvgIpc) is 2.46. The summed E-state index contributed by atoms with van der Waals surface area (Å²) in [6, 6.07) is 19.6. The van der Waals surface area contributed by atoms with E-state index in [1.165, 1.54) is 36.0 Å². The summed E-state index contributed by atoms with van der Waals surface area (Å²) in [6.07, 6.45) is 3.79. The fraction of sp³-hybridized carbons (Fsp3) is 0.368. The molecule has 0 heteroatoms. The SMILES string of the molecule is CCCCC(C)(C)c1ccccc1-c1ccccc1. The minimum atomic E-state index is 0.239. The molecule has 19 heavy (non-hydrogen) atoms. The van der Waals surface area contributed by atoms with Gasteiger partial charge >= 0.3 is 0 Å². The van der Waals surface area contributed by atoms with E-state index in [-0.39, 0.29) is 5.41 Å². The first-order valence-electron chi connectivity index (χ1n) is 7.30. The topological polar surface area (TPSA) is 0 Å². The molecule has 0 saturated heterocycles. The van der Waals surface area contributed by atoms with E-state index in [0.29, 0.717) is 0 Å². The molecule has 0 aromatic heterocycles. The van der Waals surface area contributed by atoms with Crippen LogP contribution in [-0.4, -0.2) is 0 Å². The van der Waals surface area contributed by atoms with Crippen LogP contribution in [0.2, 0.25) is 0 Å². The van der Waals surface area contributed by atoms with Crippen molar-refractivity contribution >= 4 is 0 Å². The standard InChI is InChI=1S/C19H24/c1-4-5-15-19(2,3)18-14-10-9-13-17(18)16-11-7-6-8-12-16/h6-14H,4-5,15H2,1-3H3. The molecule has 0 radical (unpaired) electrons. The molecule has 0 amide bonds. The predicted molar refractivity (Wildman–Crippen MR) is 84.4 cm³/mol. The van der Waals surface area contributed by atoms with Crippen molar-refractivity contribution in [3.8, 4) is 11.1 Å². The second-order valence-corrected chi connectivity index (χ2v) is 5.90. The zero-order valence-corrected chi connectivity index (χ0v) is 12.3. The molecule has 2 aromatic carbocycles. The minimum Gasteiger partial charge on any atom is -0.0654 e. The summed E-state index contributed by atoms with van der Waals surface area (Å²) in [4.78, 5) is 0. The van der Waals surface area contributed by atoms with Crippen LogP contribution in [0.25, 0.3) is 11.1 Å². The lowest BCUT2D eigenvalue weighted by Crippen LogP contribution is -2.18. The van der Waals surface area contributed by atoms with Crippen LogP contribution < -0.4 is 0 Å². The molecular weight excluding hydrogens is 228 g/mol. The van der Waals surface area contributed by atoms with Crippen molar-refractivity contribution in [1.82, 2.24) is 0 Å². The van der Waals surface area contributed by atoms with Gasteiger partial charge < -0.3 is 0 Å². The number of unbranched alkanes of at least 4 members (excludes halogenated alkanes) is 1.